The summed E-state index contributed by atoms with van der Waals surface area (Å²) < 4.78 is 34.4. The maximum absolute atomic E-state index is 12.1. The summed E-state index contributed by atoms with van der Waals surface area (Å²) in [5.74, 6) is -2.76. The minimum atomic E-state index is -4.46. The van der Waals surface area contributed by atoms with Crippen LogP contribution in [0.15, 0.2) is 0 Å². The van der Waals surface area contributed by atoms with Crippen molar-refractivity contribution in [3.8, 4) is 0 Å². The van der Waals surface area contributed by atoms with Crippen molar-refractivity contribution in [3.05, 3.63) is 0 Å². The van der Waals surface area contributed by atoms with Crippen molar-refractivity contribution in [2.24, 2.45) is 11.3 Å². The number of carboxylic acid groups (broad SMARTS) is 1. The van der Waals surface area contributed by atoms with E-state index in [9.17, 15) is 18.0 Å². The van der Waals surface area contributed by atoms with E-state index in [1.165, 1.54) is 0 Å². The van der Waals surface area contributed by atoms with Crippen molar-refractivity contribution in [2.75, 3.05) is 0 Å². The van der Waals surface area contributed by atoms with Crippen molar-refractivity contribution in [1.82, 2.24) is 0 Å². The molecule has 0 aromatic carbocycles. The Morgan fingerprint density at radius 3 is 2.14 bits per heavy atom. The van der Waals surface area contributed by atoms with Gasteiger partial charge in [0.25, 0.3) is 0 Å². The molecule has 0 spiro atoms. The van der Waals surface area contributed by atoms with Gasteiger partial charge in [-0.05, 0) is 0 Å². The predicted octanol–water partition coefficient (Wildman–Crippen LogP) is 2.83. The SMILES string of the molecule is CC1(CC(F)(F)F)C(C(=O)O)C1(Cl)Cl. The molecule has 1 saturated carbocycles. The molecule has 2 nitrogen and oxygen atoms in total. The molecule has 0 aromatic heterocycles. The third-order valence-electron chi connectivity index (χ3n) is 2.49. The smallest absolute Gasteiger partial charge is 0.389 e. The highest BCUT2D eigenvalue weighted by molar-refractivity contribution is 6.53. The Labute approximate surface area is 88.0 Å². The zero-order chi connectivity index (χ0) is 11.4. The summed E-state index contributed by atoms with van der Waals surface area (Å²) in [6.45, 7) is 1.12. The maximum atomic E-state index is 12.1. The second kappa shape index (κ2) is 2.92. The summed E-state index contributed by atoms with van der Waals surface area (Å²) in [5.41, 5.74) is -1.62. The highest BCUT2D eigenvalue weighted by Crippen LogP contribution is 2.72. The molecular weight excluding hydrogens is 244 g/mol. The monoisotopic (exact) mass is 250 g/mol. The van der Waals surface area contributed by atoms with Gasteiger partial charge in [0, 0.05) is 5.41 Å². The highest BCUT2D eigenvalue weighted by atomic mass is 35.5. The van der Waals surface area contributed by atoms with Gasteiger partial charge in [-0.2, -0.15) is 13.2 Å². The van der Waals surface area contributed by atoms with E-state index in [1.807, 2.05) is 0 Å². The van der Waals surface area contributed by atoms with Crippen molar-refractivity contribution < 1.29 is 23.1 Å². The van der Waals surface area contributed by atoms with Gasteiger partial charge in [-0.1, -0.05) is 6.92 Å². The van der Waals surface area contributed by atoms with Gasteiger partial charge in [-0.15, -0.1) is 23.2 Å². The molecule has 0 amide bonds. The number of carboxylic acids is 1. The zero-order valence-electron chi connectivity index (χ0n) is 7.03. The van der Waals surface area contributed by atoms with Crippen molar-refractivity contribution in [1.29, 1.82) is 0 Å². The summed E-state index contributed by atoms with van der Waals surface area (Å²) in [6.07, 6.45) is -5.75. The second-order valence-electron chi connectivity index (χ2n) is 3.60. The van der Waals surface area contributed by atoms with Crippen LogP contribution < -0.4 is 0 Å². The summed E-state index contributed by atoms with van der Waals surface area (Å²) in [6, 6.07) is 0. The van der Waals surface area contributed by atoms with Gasteiger partial charge in [0.1, 0.15) is 4.33 Å². The highest BCUT2D eigenvalue weighted by Gasteiger charge is 2.78. The molecule has 0 aromatic rings. The van der Waals surface area contributed by atoms with Crippen LogP contribution >= 0.6 is 23.2 Å². The molecule has 1 fully saturated rings. The van der Waals surface area contributed by atoms with Gasteiger partial charge in [0.2, 0.25) is 0 Å². The molecular formula is C7H7Cl2F3O2. The van der Waals surface area contributed by atoms with Gasteiger partial charge < -0.3 is 5.11 Å². The van der Waals surface area contributed by atoms with Crippen LogP contribution in [-0.2, 0) is 4.79 Å². The first kappa shape index (κ1) is 11.9. The molecule has 82 valence electrons. The lowest BCUT2D eigenvalue weighted by Gasteiger charge is -2.13. The first-order chi connectivity index (χ1) is 6.02. The van der Waals surface area contributed by atoms with E-state index in [1.54, 1.807) is 0 Å². The van der Waals surface area contributed by atoms with E-state index in [0.717, 1.165) is 6.92 Å². The number of halogens is 5. The molecule has 2 unspecified atom stereocenters. The Kier molecular flexibility index (Phi) is 2.48. The molecule has 1 N–H and O–H groups in total. The molecule has 1 aliphatic rings. The fourth-order valence-corrected chi connectivity index (χ4v) is 2.56. The summed E-state index contributed by atoms with van der Waals surface area (Å²) in [5, 5.41) is 8.59. The van der Waals surface area contributed by atoms with E-state index in [-0.39, 0.29) is 0 Å². The van der Waals surface area contributed by atoms with Gasteiger partial charge in [-0.3, -0.25) is 4.79 Å². The largest absolute Gasteiger partial charge is 0.481 e. The Morgan fingerprint density at radius 1 is 1.50 bits per heavy atom. The Balaban J connectivity index is 2.84. The molecule has 0 aliphatic heterocycles. The Hall–Kier alpha value is -0.160. The van der Waals surface area contributed by atoms with Crippen LogP contribution in [0.1, 0.15) is 13.3 Å². The maximum Gasteiger partial charge on any atom is 0.389 e. The lowest BCUT2D eigenvalue weighted by Crippen LogP contribution is -2.19. The molecule has 2 atom stereocenters. The van der Waals surface area contributed by atoms with E-state index >= 15 is 0 Å². The molecule has 1 aliphatic carbocycles. The third-order valence-corrected chi connectivity index (χ3v) is 3.79. The number of hydrogen-bond acceptors (Lipinski definition) is 1. The number of aliphatic carboxylic acids is 1. The average Bonchev–Trinajstić information content (AvgIpc) is 2.18. The molecule has 0 heterocycles. The molecule has 7 heteroatoms. The first-order valence-corrected chi connectivity index (χ1v) is 4.45. The van der Waals surface area contributed by atoms with E-state index in [4.69, 9.17) is 28.3 Å². The third kappa shape index (κ3) is 1.67. The summed E-state index contributed by atoms with van der Waals surface area (Å²) in [7, 11) is 0. The minimum Gasteiger partial charge on any atom is -0.481 e. The number of rotatable bonds is 2. The summed E-state index contributed by atoms with van der Waals surface area (Å²) >= 11 is 11.0. The predicted molar refractivity (Wildman–Crippen MR) is 44.3 cm³/mol. The van der Waals surface area contributed by atoms with Gasteiger partial charge >= 0.3 is 12.1 Å². The van der Waals surface area contributed by atoms with Crippen LogP contribution in [-0.4, -0.2) is 21.6 Å². The van der Waals surface area contributed by atoms with E-state index in [0.29, 0.717) is 0 Å². The van der Waals surface area contributed by atoms with Crippen LogP contribution in [0.3, 0.4) is 0 Å². The number of hydrogen-bond donors (Lipinski definition) is 1. The van der Waals surface area contributed by atoms with Gasteiger partial charge in [-0.25, -0.2) is 0 Å². The topological polar surface area (TPSA) is 37.3 Å². The fraction of sp³-hybridized carbons (Fsp3) is 0.857. The lowest BCUT2D eigenvalue weighted by molar-refractivity contribution is -0.151. The minimum absolute atomic E-state index is 1.12. The van der Waals surface area contributed by atoms with Crippen molar-refractivity contribution in [2.45, 2.75) is 23.9 Å². The van der Waals surface area contributed by atoms with Crippen LogP contribution in [0.25, 0.3) is 0 Å². The molecule has 14 heavy (non-hydrogen) atoms. The molecule has 0 bridgehead atoms. The molecule has 1 rings (SSSR count). The second-order valence-corrected chi connectivity index (χ2v) is 4.99. The quantitative estimate of drug-likeness (QED) is 0.766. The van der Waals surface area contributed by atoms with Crippen LogP contribution in [0.2, 0.25) is 0 Å². The lowest BCUT2D eigenvalue weighted by atomic mass is 10.0. The Bertz CT molecular complexity index is 277. The number of alkyl halides is 5. The van der Waals surface area contributed by atoms with Crippen LogP contribution in [0.4, 0.5) is 13.2 Å². The van der Waals surface area contributed by atoms with Crippen LogP contribution in [0, 0.1) is 11.3 Å². The number of carbonyl (C=O) groups is 1. The first-order valence-electron chi connectivity index (χ1n) is 3.70. The average molecular weight is 251 g/mol. The summed E-state index contributed by atoms with van der Waals surface area (Å²) in [4.78, 5) is 10.5. The normalized spacial score (nSPS) is 35.4. The molecule has 0 radical (unpaired) electrons. The van der Waals surface area contributed by atoms with E-state index < -0.39 is 34.2 Å². The zero-order valence-corrected chi connectivity index (χ0v) is 8.54. The Morgan fingerprint density at radius 2 is 1.93 bits per heavy atom. The molecule has 0 saturated heterocycles. The van der Waals surface area contributed by atoms with Crippen molar-refractivity contribution in [3.63, 3.8) is 0 Å². The van der Waals surface area contributed by atoms with Gasteiger partial charge in [0.05, 0.1) is 12.3 Å². The fourth-order valence-electron chi connectivity index (χ4n) is 1.65. The van der Waals surface area contributed by atoms with E-state index in [2.05, 4.69) is 0 Å². The van der Waals surface area contributed by atoms with Crippen molar-refractivity contribution >= 4 is 29.2 Å². The van der Waals surface area contributed by atoms with Gasteiger partial charge in [0.15, 0.2) is 0 Å². The van der Waals surface area contributed by atoms with Crippen LogP contribution in [0.5, 0.6) is 0 Å². The standard InChI is InChI=1S/C7H7Cl2F3O2/c1-5(2-6(10,11)12)3(4(13)14)7(5,8)9/h3H,2H2,1H3,(H,13,14).